The third-order valence-corrected chi connectivity index (χ3v) is 7.74. The van der Waals surface area contributed by atoms with E-state index in [1.807, 2.05) is 31.0 Å². The monoisotopic (exact) mass is 465 g/mol. The number of piperidine rings is 2. The van der Waals surface area contributed by atoms with Gasteiger partial charge in [0.2, 0.25) is 0 Å². The number of hydrogen-bond donors (Lipinski definition) is 2. The number of aromatic hydroxyl groups is 1. The van der Waals surface area contributed by atoms with E-state index in [-0.39, 0.29) is 17.6 Å². The number of phenols is 1. The number of fused-ring (bicyclic) bond motifs is 2. The highest BCUT2D eigenvalue weighted by Gasteiger charge is 2.49. The Labute approximate surface area is 195 Å². The van der Waals surface area contributed by atoms with E-state index in [1.54, 1.807) is 24.5 Å². The molecule has 8 nitrogen and oxygen atoms in total. The Bertz CT molecular complexity index is 1210. The maximum atomic E-state index is 15.4. The molecule has 0 amide bonds. The molecule has 0 saturated carbocycles. The lowest BCUT2D eigenvalue weighted by atomic mass is 9.73. The second-order valence-electron chi connectivity index (χ2n) is 8.98. The van der Waals surface area contributed by atoms with Crippen LogP contribution < -0.4 is 10.2 Å². The number of aromatic nitrogens is 4. The smallest absolute Gasteiger partial charge is 0.194 e. The van der Waals surface area contributed by atoms with E-state index in [1.165, 1.54) is 11.3 Å². The number of anilines is 1. The molecule has 2 aromatic heterocycles. The van der Waals surface area contributed by atoms with Gasteiger partial charge >= 0.3 is 0 Å². The minimum Gasteiger partial charge on any atom is -0.507 e. The number of nitrogens with zero attached hydrogens (tertiary/aromatic N) is 6. The van der Waals surface area contributed by atoms with Crippen LogP contribution in [0, 0.1) is 11.3 Å². The molecule has 33 heavy (non-hydrogen) atoms. The summed E-state index contributed by atoms with van der Waals surface area (Å²) in [4.78, 5) is 11.0. The van der Waals surface area contributed by atoms with Crippen LogP contribution in [0.3, 0.4) is 0 Å². The van der Waals surface area contributed by atoms with Gasteiger partial charge in [0.15, 0.2) is 16.6 Å². The molecule has 0 spiro atoms. The highest BCUT2D eigenvalue weighted by atomic mass is 32.1. The molecule has 0 unspecified atom stereocenters. The van der Waals surface area contributed by atoms with Gasteiger partial charge in [-0.05, 0) is 50.3 Å². The van der Waals surface area contributed by atoms with Crippen LogP contribution in [0.25, 0.3) is 21.8 Å². The van der Waals surface area contributed by atoms with Gasteiger partial charge in [-0.3, -0.25) is 0 Å². The Kier molecular flexibility index (Phi) is 5.46. The third kappa shape index (κ3) is 3.92. The Morgan fingerprint density at radius 2 is 2.15 bits per heavy atom. The summed E-state index contributed by atoms with van der Waals surface area (Å²) in [5.74, 6) is 0.786. The molecule has 2 fully saturated rings. The number of phenolic OH excluding ortho intramolecular Hbond substituents is 1. The van der Waals surface area contributed by atoms with Gasteiger partial charge in [0.1, 0.15) is 18.0 Å². The molecule has 2 saturated heterocycles. The maximum absolute atomic E-state index is 15.4. The van der Waals surface area contributed by atoms with Gasteiger partial charge < -0.3 is 15.3 Å². The number of halogens is 1. The Hall–Kier alpha value is -3.16. The third-order valence-electron chi connectivity index (χ3n) is 6.79. The number of thiazole rings is 1. The molecule has 5 rings (SSSR count). The van der Waals surface area contributed by atoms with Crippen LogP contribution in [0.4, 0.5) is 10.2 Å². The van der Waals surface area contributed by atoms with Crippen molar-refractivity contribution in [1.82, 2.24) is 25.5 Å². The van der Waals surface area contributed by atoms with Crippen molar-refractivity contribution < 1.29 is 9.50 Å². The van der Waals surface area contributed by atoms with Crippen molar-refractivity contribution in [2.45, 2.75) is 56.4 Å². The number of nitrogens with one attached hydrogen (secondary N) is 1. The first-order valence-corrected chi connectivity index (χ1v) is 11.7. The van der Waals surface area contributed by atoms with Gasteiger partial charge in [-0.1, -0.05) is 6.07 Å². The molecule has 170 valence electrons. The van der Waals surface area contributed by atoms with Crippen molar-refractivity contribution in [2.75, 3.05) is 11.9 Å². The van der Waals surface area contributed by atoms with Gasteiger partial charge in [0.25, 0.3) is 0 Å². The fraction of sp³-hybridized carbons (Fsp3) is 0.435. The first-order chi connectivity index (χ1) is 15.9. The van der Waals surface area contributed by atoms with Crippen molar-refractivity contribution in [3.63, 3.8) is 0 Å². The van der Waals surface area contributed by atoms with Crippen LogP contribution in [-0.2, 0) is 0 Å². The van der Waals surface area contributed by atoms with Crippen LogP contribution in [0.15, 0.2) is 30.6 Å². The topological polar surface area (TPSA) is 111 Å². The molecule has 2 bridgehead atoms. The molecule has 3 aromatic rings. The summed E-state index contributed by atoms with van der Waals surface area (Å²) in [6, 6.07) is 7.14. The highest BCUT2D eigenvalue weighted by Crippen LogP contribution is 2.39. The summed E-state index contributed by atoms with van der Waals surface area (Å²) in [6.07, 6.45) is 5.80. The summed E-state index contributed by atoms with van der Waals surface area (Å²) in [5.41, 5.74) is 0.678. The lowest BCUT2D eigenvalue weighted by Gasteiger charge is -2.52. The lowest BCUT2D eigenvalue weighted by Crippen LogP contribution is -2.68. The van der Waals surface area contributed by atoms with Crippen LogP contribution in [-0.4, -0.2) is 56.1 Å². The molecule has 0 aliphatic carbocycles. The molecule has 2 aliphatic heterocycles. The summed E-state index contributed by atoms with van der Waals surface area (Å²) in [5, 5.41) is 31.8. The second-order valence-corrected chi connectivity index (χ2v) is 10.0. The zero-order valence-corrected chi connectivity index (χ0v) is 19.2. The average molecular weight is 466 g/mol. The molecule has 2 N–H and O–H groups in total. The normalized spacial score (nSPS) is 26.5. The Morgan fingerprint density at radius 3 is 2.85 bits per heavy atom. The number of nitriles is 1. The van der Waals surface area contributed by atoms with Crippen molar-refractivity contribution in [1.29, 1.82) is 5.26 Å². The predicted molar refractivity (Wildman–Crippen MR) is 124 cm³/mol. The fourth-order valence-corrected chi connectivity index (χ4v) is 5.68. The average Bonchev–Trinajstić information content (AvgIpc) is 3.31. The number of alkyl halides is 1. The molecular formula is C23H24FN7OS. The summed E-state index contributed by atoms with van der Waals surface area (Å²) in [6.45, 7) is 1.97. The standard InChI is InChI=1S/C23H24FN7OS/c1-23-7-3-4-14(28-23)9-16(21(23)24)31(2)19-12-27-22(30-29-19)15-6-5-13(8-17(15)32)18-11-26-20(10-25)33-18/h5-6,8,11-12,14,16,21,28,32H,3-4,7,9H2,1-2H3/t14-,16+,21+,23-/m1/s1. The van der Waals surface area contributed by atoms with E-state index in [9.17, 15) is 5.11 Å². The van der Waals surface area contributed by atoms with Crippen molar-refractivity contribution in [3.05, 3.63) is 35.6 Å². The molecule has 2 aliphatic rings. The van der Waals surface area contributed by atoms with Crippen molar-refractivity contribution in [3.8, 4) is 33.6 Å². The van der Waals surface area contributed by atoms with Crippen LogP contribution in [0.1, 0.15) is 37.6 Å². The van der Waals surface area contributed by atoms with E-state index < -0.39 is 11.7 Å². The Morgan fingerprint density at radius 1 is 1.30 bits per heavy atom. The van der Waals surface area contributed by atoms with E-state index >= 15 is 4.39 Å². The minimum atomic E-state index is -1.02. The molecule has 1 aromatic carbocycles. The largest absolute Gasteiger partial charge is 0.507 e. The van der Waals surface area contributed by atoms with E-state index in [2.05, 4.69) is 25.5 Å². The van der Waals surface area contributed by atoms with Gasteiger partial charge in [-0.25, -0.2) is 14.4 Å². The van der Waals surface area contributed by atoms with Gasteiger partial charge in [-0.15, -0.1) is 21.5 Å². The van der Waals surface area contributed by atoms with Crippen molar-refractivity contribution >= 4 is 17.2 Å². The van der Waals surface area contributed by atoms with Gasteiger partial charge in [0.05, 0.1) is 22.7 Å². The molecule has 0 radical (unpaired) electrons. The van der Waals surface area contributed by atoms with Crippen LogP contribution in [0.2, 0.25) is 0 Å². The zero-order chi connectivity index (χ0) is 23.2. The number of hydrogen-bond acceptors (Lipinski definition) is 9. The predicted octanol–water partition coefficient (Wildman–Crippen LogP) is 3.69. The second kappa shape index (κ2) is 8.32. The number of benzene rings is 1. The Balaban J connectivity index is 1.36. The fourth-order valence-electron chi connectivity index (χ4n) is 4.97. The van der Waals surface area contributed by atoms with E-state index in [4.69, 9.17) is 5.26 Å². The highest BCUT2D eigenvalue weighted by molar-refractivity contribution is 7.15. The molecule has 10 heteroatoms. The van der Waals surface area contributed by atoms with E-state index in [0.717, 1.165) is 29.7 Å². The quantitative estimate of drug-likeness (QED) is 0.600. The minimum absolute atomic E-state index is 0.00485. The van der Waals surface area contributed by atoms with Crippen LogP contribution in [0.5, 0.6) is 5.75 Å². The maximum Gasteiger partial charge on any atom is 0.194 e. The lowest BCUT2D eigenvalue weighted by molar-refractivity contribution is 0.0405. The first kappa shape index (κ1) is 21.7. The van der Waals surface area contributed by atoms with Crippen molar-refractivity contribution in [2.24, 2.45) is 0 Å². The SMILES string of the molecule is CN(c1cnc(-c2ccc(-c3cnc(C#N)s3)cc2O)nn1)[C@H]1C[C@H]2CCC[C@@](C)(N2)[C@H]1F. The summed E-state index contributed by atoms with van der Waals surface area (Å²) < 4.78 is 15.4. The van der Waals surface area contributed by atoms with Gasteiger partial charge in [-0.2, -0.15) is 5.26 Å². The summed E-state index contributed by atoms with van der Waals surface area (Å²) >= 11 is 1.25. The van der Waals surface area contributed by atoms with E-state index in [0.29, 0.717) is 28.9 Å². The zero-order valence-electron chi connectivity index (χ0n) is 18.4. The molecule has 4 heterocycles. The number of rotatable bonds is 4. The molecular weight excluding hydrogens is 441 g/mol. The van der Waals surface area contributed by atoms with Gasteiger partial charge in [0, 0.05) is 24.8 Å². The summed E-state index contributed by atoms with van der Waals surface area (Å²) in [7, 11) is 1.84. The first-order valence-electron chi connectivity index (χ1n) is 10.9. The molecule has 4 atom stereocenters. The van der Waals surface area contributed by atoms with Crippen LogP contribution >= 0.6 is 11.3 Å².